The van der Waals surface area contributed by atoms with Gasteiger partial charge in [-0.1, -0.05) is 12.1 Å². The lowest BCUT2D eigenvalue weighted by molar-refractivity contribution is -0.134. The van der Waals surface area contributed by atoms with Gasteiger partial charge in [-0.2, -0.15) is 0 Å². The zero-order chi connectivity index (χ0) is 20.5. The molecule has 0 radical (unpaired) electrons. The molecule has 0 N–H and O–H groups in total. The topological polar surface area (TPSA) is 63.2 Å². The third kappa shape index (κ3) is 4.97. The van der Waals surface area contributed by atoms with E-state index < -0.39 is 5.97 Å². The summed E-state index contributed by atoms with van der Waals surface area (Å²) < 4.78 is 26.9. The standard InChI is InChI=1S/C22H26O6/c1-6-27-20-12-15(8-10-18(20)24-3)17(14-22(23)26-5)16-9-11-19(25-4)21(13-16)28-7-2/h8-14H,6-7H2,1-5H3. The van der Waals surface area contributed by atoms with Crippen molar-refractivity contribution < 1.29 is 28.5 Å². The van der Waals surface area contributed by atoms with Gasteiger partial charge < -0.3 is 23.7 Å². The second-order valence-corrected chi connectivity index (χ2v) is 5.68. The number of hydrogen-bond acceptors (Lipinski definition) is 6. The predicted molar refractivity (Wildman–Crippen MR) is 107 cm³/mol. The molecule has 0 aliphatic heterocycles. The van der Waals surface area contributed by atoms with Gasteiger partial charge in [0.2, 0.25) is 0 Å². The van der Waals surface area contributed by atoms with Gasteiger partial charge >= 0.3 is 5.97 Å². The minimum absolute atomic E-state index is 0.461. The summed E-state index contributed by atoms with van der Waals surface area (Å²) >= 11 is 0. The normalized spacial score (nSPS) is 10.0. The lowest BCUT2D eigenvalue weighted by atomic mass is 9.96. The third-order valence-electron chi connectivity index (χ3n) is 4.01. The van der Waals surface area contributed by atoms with Crippen LogP contribution in [0.2, 0.25) is 0 Å². The van der Waals surface area contributed by atoms with Crippen molar-refractivity contribution in [3.05, 3.63) is 53.6 Å². The molecule has 6 nitrogen and oxygen atoms in total. The van der Waals surface area contributed by atoms with Crippen molar-refractivity contribution in [1.82, 2.24) is 0 Å². The van der Waals surface area contributed by atoms with Gasteiger partial charge in [0.25, 0.3) is 0 Å². The Kier molecular flexibility index (Phi) is 7.75. The fourth-order valence-electron chi connectivity index (χ4n) is 2.74. The summed E-state index contributed by atoms with van der Waals surface area (Å²) in [6.07, 6.45) is 1.44. The van der Waals surface area contributed by atoms with Crippen molar-refractivity contribution in [2.75, 3.05) is 34.5 Å². The van der Waals surface area contributed by atoms with Gasteiger partial charge in [0.15, 0.2) is 23.0 Å². The predicted octanol–water partition coefficient (Wildman–Crippen LogP) is 4.11. The Morgan fingerprint density at radius 2 is 1.25 bits per heavy atom. The van der Waals surface area contributed by atoms with Gasteiger partial charge in [0.1, 0.15) is 0 Å². The van der Waals surface area contributed by atoms with Gasteiger partial charge in [-0.15, -0.1) is 0 Å². The first-order valence-electron chi connectivity index (χ1n) is 8.99. The van der Waals surface area contributed by atoms with E-state index in [-0.39, 0.29) is 0 Å². The van der Waals surface area contributed by atoms with Crippen molar-refractivity contribution in [1.29, 1.82) is 0 Å². The summed E-state index contributed by atoms with van der Waals surface area (Å²) in [7, 11) is 4.51. The van der Waals surface area contributed by atoms with Crippen LogP contribution in [0.5, 0.6) is 23.0 Å². The molecular formula is C22H26O6. The van der Waals surface area contributed by atoms with E-state index in [2.05, 4.69) is 0 Å². The summed E-state index contributed by atoms with van der Waals surface area (Å²) in [5.41, 5.74) is 2.23. The molecule has 0 amide bonds. The van der Waals surface area contributed by atoms with Crippen LogP contribution in [0.1, 0.15) is 25.0 Å². The first-order valence-corrected chi connectivity index (χ1v) is 8.99. The Balaban J connectivity index is 2.61. The fraction of sp³-hybridized carbons (Fsp3) is 0.318. The molecule has 0 atom stereocenters. The Bertz CT molecular complexity index is 781. The Morgan fingerprint density at radius 1 is 0.786 bits per heavy atom. The number of esters is 1. The monoisotopic (exact) mass is 386 g/mol. The number of benzene rings is 2. The smallest absolute Gasteiger partial charge is 0.331 e. The lowest BCUT2D eigenvalue weighted by Gasteiger charge is -2.15. The summed E-state index contributed by atoms with van der Waals surface area (Å²) in [5.74, 6) is 1.96. The first-order chi connectivity index (χ1) is 13.6. The van der Waals surface area contributed by atoms with E-state index in [0.29, 0.717) is 41.8 Å². The van der Waals surface area contributed by atoms with Crippen LogP contribution in [0.3, 0.4) is 0 Å². The maximum absolute atomic E-state index is 12.0. The number of hydrogen-bond donors (Lipinski definition) is 0. The van der Waals surface area contributed by atoms with Crippen LogP contribution in [0.15, 0.2) is 42.5 Å². The molecule has 0 saturated carbocycles. The summed E-state index contributed by atoms with van der Waals surface area (Å²) in [6.45, 7) is 4.78. The molecular weight excluding hydrogens is 360 g/mol. The Labute approximate surface area is 165 Å². The molecule has 28 heavy (non-hydrogen) atoms. The average Bonchev–Trinajstić information content (AvgIpc) is 2.72. The molecule has 0 spiro atoms. The molecule has 6 heteroatoms. The molecule has 0 fully saturated rings. The van der Waals surface area contributed by atoms with Crippen LogP contribution in [0, 0.1) is 0 Å². The average molecular weight is 386 g/mol. The fourth-order valence-corrected chi connectivity index (χ4v) is 2.74. The third-order valence-corrected chi connectivity index (χ3v) is 4.01. The summed E-state index contributed by atoms with van der Waals surface area (Å²) in [4.78, 5) is 12.0. The van der Waals surface area contributed by atoms with E-state index >= 15 is 0 Å². The highest BCUT2D eigenvalue weighted by atomic mass is 16.5. The molecule has 0 heterocycles. The Hall–Kier alpha value is -3.15. The molecule has 0 aliphatic rings. The van der Waals surface area contributed by atoms with Crippen molar-refractivity contribution in [3.8, 4) is 23.0 Å². The lowest BCUT2D eigenvalue weighted by Crippen LogP contribution is -2.01. The molecule has 0 saturated heterocycles. The summed E-state index contributed by atoms with van der Waals surface area (Å²) in [5, 5.41) is 0. The molecule has 2 aromatic rings. The van der Waals surface area contributed by atoms with E-state index in [1.165, 1.54) is 13.2 Å². The van der Waals surface area contributed by atoms with Gasteiger partial charge in [0.05, 0.1) is 34.5 Å². The number of methoxy groups -OCH3 is 3. The van der Waals surface area contributed by atoms with Gasteiger partial charge in [0, 0.05) is 6.08 Å². The van der Waals surface area contributed by atoms with Crippen molar-refractivity contribution in [2.45, 2.75) is 13.8 Å². The van der Waals surface area contributed by atoms with E-state index in [0.717, 1.165) is 11.1 Å². The van der Waals surface area contributed by atoms with Crippen LogP contribution in [-0.2, 0) is 9.53 Å². The molecule has 0 bridgehead atoms. The number of carbonyl (C=O) groups excluding carboxylic acids is 1. The number of carbonyl (C=O) groups is 1. The minimum Gasteiger partial charge on any atom is -0.493 e. The van der Waals surface area contributed by atoms with Crippen LogP contribution in [0.4, 0.5) is 0 Å². The first kappa shape index (κ1) is 21.2. The Morgan fingerprint density at radius 3 is 1.61 bits per heavy atom. The zero-order valence-electron chi connectivity index (χ0n) is 16.9. The van der Waals surface area contributed by atoms with E-state index in [9.17, 15) is 4.79 Å². The van der Waals surface area contributed by atoms with Crippen molar-refractivity contribution in [2.24, 2.45) is 0 Å². The van der Waals surface area contributed by atoms with Crippen LogP contribution in [0.25, 0.3) is 5.57 Å². The molecule has 0 aliphatic carbocycles. The van der Waals surface area contributed by atoms with E-state index in [4.69, 9.17) is 23.7 Å². The SMILES string of the molecule is CCOc1cc(C(=CC(=O)OC)c2ccc(OC)c(OCC)c2)ccc1OC. The van der Waals surface area contributed by atoms with Crippen LogP contribution < -0.4 is 18.9 Å². The quantitative estimate of drug-likeness (QED) is 0.477. The molecule has 0 unspecified atom stereocenters. The van der Waals surface area contributed by atoms with Crippen molar-refractivity contribution in [3.63, 3.8) is 0 Å². The maximum atomic E-state index is 12.0. The second kappa shape index (κ2) is 10.3. The van der Waals surface area contributed by atoms with Gasteiger partial charge in [-0.25, -0.2) is 4.79 Å². The van der Waals surface area contributed by atoms with E-state index in [1.54, 1.807) is 26.4 Å². The molecule has 0 aromatic heterocycles. The molecule has 2 aromatic carbocycles. The largest absolute Gasteiger partial charge is 0.493 e. The van der Waals surface area contributed by atoms with E-state index in [1.807, 2.05) is 38.1 Å². The highest BCUT2D eigenvalue weighted by molar-refractivity contribution is 5.96. The second-order valence-electron chi connectivity index (χ2n) is 5.68. The maximum Gasteiger partial charge on any atom is 0.331 e. The van der Waals surface area contributed by atoms with Crippen LogP contribution >= 0.6 is 0 Å². The van der Waals surface area contributed by atoms with Crippen molar-refractivity contribution >= 4 is 11.5 Å². The van der Waals surface area contributed by atoms with Gasteiger partial charge in [-0.05, 0) is 54.8 Å². The minimum atomic E-state index is -0.461. The van der Waals surface area contributed by atoms with Gasteiger partial charge in [-0.3, -0.25) is 0 Å². The highest BCUT2D eigenvalue weighted by Crippen LogP contribution is 2.36. The zero-order valence-corrected chi connectivity index (χ0v) is 16.9. The number of rotatable bonds is 9. The number of ether oxygens (including phenoxy) is 5. The summed E-state index contributed by atoms with van der Waals surface area (Å²) in [6, 6.07) is 11.0. The van der Waals surface area contributed by atoms with Crippen LogP contribution in [-0.4, -0.2) is 40.5 Å². The molecule has 2 rings (SSSR count). The highest BCUT2D eigenvalue weighted by Gasteiger charge is 2.15. The molecule has 150 valence electrons.